The minimum absolute atomic E-state index is 0.0752. The lowest BCUT2D eigenvalue weighted by Crippen LogP contribution is -2.32. The molecule has 7 heteroatoms. The quantitative estimate of drug-likeness (QED) is 0.769. The summed E-state index contributed by atoms with van der Waals surface area (Å²) in [5.41, 5.74) is 2.54. The Morgan fingerprint density at radius 3 is 2.38 bits per heavy atom. The van der Waals surface area contributed by atoms with Gasteiger partial charge in [0.25, 0.3) is 0 Å². The minimum atomic E-state index is -3.43. The lowest BCUT2D eigenvalue weighted by Gasteiger charge is -2.19. The first-order chi connectivity index (χ1) is 12.3. The van der Waals surface area contributed by atoms with Crippen molar-refractivity contribution in [1.29, 1.82) is 0 Å². The zero-order valence-electron chi connectivity index (χ0n) is 15.3. The van der Waals surface area contributed by atoms with Gasteiger partial charge in [-0.2, -0.15) is 4.31 Å². The van der Waals surface area contributed by atoms with Gasteiger partial charge in [0.15, 0.2) is 0 Å². The lowest BCUT2D eigenvalue weighted by molar-refractivity contribution is -0.116. The Morgan fingerprint density at radius 1 is 1.15 bits per heavy atom. The molecule has 1 aromatic carbocycles. The number of anilines is 1. The molecule has 0 saturated heterocycles. The number of carbonyl (C=O) groups is 1. The molecule has 0 saturated carbocycles. The van der Waals surface area contributed by atoms with Crippen LogP contribution in [0, 0.1) is 0 Å². The summed E-state index contributed by atoms with van der Waals surface area (Å²) in [6, 6.07) is 13.0. The molecular weight excluding hydrogens is 350 g/mol. The van der Waals surface area contributed by atoms with Crippen molar-refractivity contribution < 1.29 is 13.2 Å². The SMILES string of the molecule is CC(C)c1ccc(NC(=O)CCN(Cc2ccccn2)S(C)(=O)=O)cc1. The van der Waals surface area contributed by atoms with Gasteiger partial charge in [0, 0.05) is 24.8 Å². The number of carbonyl (C=O) groups excluding carboxylic acids is 1. The first-order valence-corrected chi connectivity index (χ1v) is 10.4. The maximum atomic E-state index is 12.2. The number of nitrogens with one attached hydrogen (secondary N) is 1. The number of nitrogens with zero attached hydrogens (tertiary/aromatic N) is 2. The molecule has 0 fully saturated rings. The summed E-state index contributed by atoms with van der Waals surface area (Å²) < 4.78 is 25.2. The van der Waals surface area contributed by atoms with Gasteiger partial charge >= 0.3 is 0 Å². The molecule has 26 heavy (non-hydrogen) atoms. The monoisotopic (exact) mass is 375 g/mol. The second-order valence-corrected chi connectivity index (χ2v) is 8.47. The number of sulfonamides is 1. The van der Waals surface area contributed by atoms with Crippen LogP contribution in [0.4, 0.5) is 5.69 Å². The van der Waals surface area contributed by atoms with Crippen LogP contribution >= 0.6 is 0 Å². The predicted molar refractivity (Wildman–Crippen MR) is 103 cm³/mol. The van der Waals surface area contributed by atoms with E-state index in [-0.39, 0.29) is 25.4 Å². The van der Waals surface area contributed by atoms with Crippen LogP contribution in [0.5, 0.6) is 0 Å². The largest absolute Gasteiger partial charge is 0.326 e. The molecule has 0 radical (unpaired) electrons. The Bertz CT molecular complexity index is 819. The van der Waals surface area contributed by atoms with E-state index in [1.807, 2.05) is 24.3 Å². The molecule has 1 aromatic heterocycles. The number of hydrogen-bond donors (Lipinski definition) is 1. The van der Waals surface area contributed by atoms with Crippen molar-refractivity contribution in [2.45, 2.75) is 32.7 Å². The molecule has 0 aliphatic heterocycles. The van der Waals surface area contributed by atoms with Gasteiger partial charge in [0.1, 0.15) is 0 Å². The van der Waals surface area contributed by atoms with Crippen LogP contribution in [0.15, 0.2) is 48.7 Å². The van der Waals surface area contributed by atoms with Crippen LogP contribution in [0.1, 0.15) is 37.4 Å². The third-order valence-electron chi connectivity index (χ3n) is 3.98. The van der Waals surface area contributed by atoms with E-state index < -0.39 is 10.0 Å². The van der Waals surface area contributed by atoms with Gasteiger partial charge in [-0.05, 0) is 35.7 Å². The molecule has 140 valence electrons. The van der Waals surface area contributed by atoms with E-state index in [2.05, 4.69) is 24.1 Å². The van der Waals surface area contributed by atoms with Crippen LogP contribution in [-0.4, -0.2) is 36.4 Å². The molecule has 0 aliphatic rings. The fraction of sp³-hybridized carbons (Fsp3) is 0.368. The van der Waals surface area contributed by atoms with E-state index in [0.717, 1.165) is 6.26 Å². The van der Waals surface area contributed by atoms with Crippen LogP contribution in [0.2, 0.25) is 0 Å². The van der Waals surface area contributed by atoms with Gasteiger partial charge in [0.05, 0.1) is 18.5 Å². The molecule has 0 spiro atoms. The van der Waals surface area contributed by atoms with Gasteiger partial charge < -0.3 is 5.32 Å². The third kappa shape index (κ3) is 6.24. The normalized spacial score (nSPS) is 11.7. The fourth-order valence-electron chi connectivity index (χ4n) is 2.44. The standard InChI is InChI=1S/C19H25N3O3S/c1-15(2)16-7-9-17(10-8-16)21-19(23)11-13-22(26(3,24)25)14-18-6-4-5-12-20-18/h4-10,12,15H,11,13-14H2,1-3H3,(H,21,23). The second kappa shape index (κ2) is 8.91. The molecule has 2 aromatic rings. The number of benzene rings is 1. The first kappa shape index (κ1) is 20.1. The van der Waals surface area contributed by atoms with E-state index in [4.69, 9.17) is 0 Å². The Kier molecular flexibility index (Phi) is 6.88. The van der Waals surface area contributed by atoms with E-state index in [0.29, 0.717) is 17.3 Å². The maximum Gasteiger partial charge on any atom is 0.225 e. The van der Waals surface area contributed by atoms with Gasteiger partial charge in [-0.1, -0.05) is 32.0 Å². The Labute approximate surface area is 155 Å². The first-order valence-electron chi connectivity index (χ1n) is 8.50. The Balaban J connectivity index is 1.94. The second-order valence-electron chi connectivity index (χ2n) is 6.49. The van der Waals surface area contributed by atoms with E-state index in [1.54, 1.807) is 24.4 Å². The fourth-order valence-corrected chi connectivity index (χ4v) is 3.23. The summed E-state index contributed by atoms with van der Waals surface area (Å²) in [6.07, 6.45) is 2.83. The zero-order valence-corrected chi connectivity index (χ0v) is 16.2. The van der Waals surface area contributed by atoms with Crippen molar-refractivity contribution in [3.63, 3.8) is 0 Å². The van der Waals surface area contributed by atoms with Crippen molar-refractivity contribution in [1.82, 2.24) is 9.29 Å². The van der Waals surface area contributed by atoms with Crippen LogP contribution in [0.3, 0.4) is 0 Å². The summed E-state index contributed by atoms with van der Waals surface area (Å²) in [6.45, 7) is 4.46. The molecule has 6 nitrogen and oxygen atoms in total. The number of rotatable bonds is 8. The molecule has 0 unspecified atom stereocenters. The molecular formula is C19H25N3O3S. The van der Waals surface area contributed by atoms with Crippen molar-refractivity contribution in [2.75, 3.05) is 18.1 Å². The summed E-state index contributed by atoms with van der Waals surface area (Å²) in [5, 5.41) is 2.80. The van der Waals surface area contributed by atoms with Crippen molar-refractivity contribution >= 4 is 21.6 Å². The molecule has 1 N–H and O–H groups in total. The number of aromatic nitrogens is 1. The lowest BCUT2D eigenvalue weighted by atomic mass is 10.0. The third-order valence-corrected chi connectivity index (χ3v) is 5.23. The van der Waals surface area contributed by atoms with Gasteiger partial charge in [-0.3, -0.25) is 9.78 Å². The molecule has 1 heterocycles. The number of pyridine rings is 1. The molecule has 0 aliphatic carbocycles. The maximum absolute atomic E-state index is 12.2. The average molecular weight is 375 g/mol. The van der Waals surface area contributed by atoms with Crippen LogP contribution in [-0.2, 0) is 21.4 Å². The molecule has 2 rings (SSSR count). The highest BCUT2D eigenvalue weighted by atomic mass is 32.2. The predicted octanol–water partition coefficient (Wildman–Crippen LogP) is 3.00. The molecule has 0 atom stereocenters. The average Bonchev–Trinajstić information content (AvgIpc) is 2.59. The highest BCUT2D eigenvalue weighted by Crippen LogP contribution is 2.17. The zero-order chi connectivity index (χ0) is 19.2. The molecule has 0 bridgehead atoms. The van der Waals surface area contributed by atoms with E-state index in [9.17, 15) is 13.2 Å². The van der Waals surface area contributed by atoms with E-state index >= 15 is 0 Å². The Hall–Kier alpha value is -2.25. The topological polar surface area (TPSA) is 79.4 Å². The van der Waals surface area contributed by atoms with Crippen LogP contribution < -0.4 is 5.32 Å². The number of hydrogen-bond acceptors (Lipinski definition) is 4. The summed E-state index contributed by atoms with van der Waals surface area (Å²) >= 11 is 0. The highest BCUT2D eigenvalue weighted by molar-refractivity contribution is 7.88. The van der Waals surface area contributed by atoms with Crippen LogP contribution in [0.25, 0.3) is 0 Å². The summed E-state index contributed by atoms with van der Waals surface area (Å²) in [5.74, 6) is 0.201. The molecule has 1 amide bonds. The Morgan fingerprint density at radius 2 is 1.85 bits per heavy atom. The minimum Gasteiger partial charge on any atom is -0.326 e. The van der Waals surface area contributed by atoms with Gasteiger partial charge in [-0.25, -0.2) is 8.42 Å². The van der Waals surface area contributed by atoms with Gasteiger partial charge in [-0.15, -0.1) is 0 Å². The summed E-state index contributed by atoms with van der Waals surface area (Å²) in [7, 11) is -3.43. The van der Waals surface area contributed by atoms with Gasteiger partial charge in [0.2, 0.25) is 15.9 Å². The van der Waals surface area contributed by atoms with Crippen molar-refractivity contribution in [3.8, 4) is 0 Å². The number of amides is 1. The summed E-state index contributed by atoms with van der Waals surface area (Å²) in [4.78, 5) is 16.3. The van der Waals surface area contributed by atoms with Crippen molar-refractivity contribution in [3.05, 3.63) is 59.9 Å². The smallest absolute Gasteiger partial charge is 0.225 e. The van der Waals surface area contributed by atoms with E-state index in [1.165, 1.54) is 9.87 Å². The highest BCUT2D eigenvalue weighted by Gasteiger charge is 2.19. The van der Waals surface area contributed by atoms with Crippen molar-refractivity contribution in [2.24, 2.45) is 0 Å².